The molecule has 0 aromatic carbocycles. The third kappa shape index (κ3) is 2.19. The molecule has 2 atom stereocenters. The quantitative estimate of drug-likeness (QED) is 0.607. The van der Waals surface area contributed by atoms with Gasteiger partial charge in [0.05, 0.1) is 0 Å². The Morgan fingerprint density at radius 1 is 1.40 bits per heavy atom. The third-order valence-electron chi connectivity index (χ3n) is 2.35. The van der Waals surface area contributed by atoms with Crippen molar-refractivity contribution in [2.75, 3.05) is 5.75 Å². The van der Waals surface area contributed by atoms with E-state index in [9.17, 15) is 0 Å². The summed E-state index contributed by atoms with van der Waals surface area (Å²) in [5.41, 5.74) is 0. The highest BCUT2D eigenvalue weighted by Gasteiger charge is 2.22. The van der Waals surface area contributed by atoms with Gasteiger partial charge in [0.2, 0.25) is 0 Å². The number of rotatable bonds is 3. The lowest BCUT2D eigenvalue weighted by Gasteiger charge is -2.05. The zero-order valence-electron chi connectivity index (χ0n) is 7.10. The minimum atomic E-state index is 1.01. The first-order valence-electron chi connectivity index (χ1n) is 4.48. The van der Waals surface area contributed by atoms with Gasteiger partial charge in [0.1, 0.15) is 0 Å². The smallest absolute Gasteiger partial charge is 0.00499 e. The highest BCUT2D eigenvalue weighted by molar-refractivity contribution is 8.00. The molecular weight excluding hydrogens is 140 g/mol. The second-order valence-electron chi connectivity index (χ2n) is 3.25. The standard InChI is InChI=1S/C9H18S/c1-3-5-9-6-8(4-2)7-10-9/h8-9H,3-7H2,1-2H3. The molecule has 0 bridgehead atoms. The second kappa shape index (κ2) is 4.27. The van der Waals surface area contributed by atoms with Crippen LogP contribution in [0.15, 0.2) is 0 Å². The van der Waals surface area contributed by atoms with Gasteiger partial charge in [-0.25, -0.2) is 0 Å². The average molecular weight is 158 g/mol. The summed E-state index contributed by atoms with van der Waals surface area (Å²) in [7, 11) is 0. The van der Waals surface area contributed by atoms with E-state index >= 15 is 0 Å². The predicted molar refractivity (Wildman–Crippen MR) is 49.6 cm³/mol. The maximum Gasteiger partial charge on any atom is 0.00499 e. The zero-order chi connectivity index (χ0) is 7.40. The summed E-state index contributed by atoms with van der Waals surface area (Å²) in [6, 6.07) is 0. The van der Waals surface area contributed by atoms with Crippen LogP contribution in [0.2, 0.25) is 0 Å². The maximum atomic E-state index is 2.32. The molecule has 0 amide bonds. The predicted octanol–water partition coefficient (Wildman–Crippen LogP) is 3.32. The lowest BCUT2D eigenvalue weighted by atomic mass is 10.0. The zero-order valence-corrected chi connectivity index (χ0v) is 7.91. The van der Waals surface area contributed by atoms with Crippen molar-refractivity contribution in [3.63, 3.8) is 0 Å². The van der Waals surface area contributed by atoms with Crippen LogP contribution in [0.25, 0.3) is 0 Å². The van der Waals surface area contributed by atoms with E-state index in [1.165, 1.54) is 31.4 Å². The Bertz CT molecular complexity index is 90.7. The fraction of sp³-hybridized carbons (Fsp3) is 1.00. The van der Waals surface area contributed by atoms with E-state index < -0.39 is 0 Å². The Hall–Kier alpha value is 0.350. The van der Waals surface area contributed by atoms with E-state index in [2.05, 4.69) is 25.6 Å². The van der Waals surface area contributed by atoms with E-state index in [-0.39, 0.29) is 0 Å². The van der Waals surface area contributed by atoms with Crippen LogP contribution in [0.5, 0.6) is 0 Å². The molecule has 0 saturated carbocycles. The molecule has 1 heteroatoms. The molecule has 0 aliphatic carbocycles. The summed E-state index contributed by atoms with van der Waals surface area (Å²) in [5.74, 6) is 2.47. The summed E-state index contributed by atoms with van der Waals surface area (Å²) in [6.45, 7) is 4.61. The van der Waals surface area contributed by atoms with Crippen LogP contribution in [-0.4, -0.2) is 11.0 Å². The minimum absolute atomic E-state index is 1.01. The Labute approximate surface area is 68.8 Å². The first kappa shape index (κ1) is 8.45. The Morgan fingerprint density at radius 3 is 2.70 bits per heavy atom. The Kier molecular flexibility index (Phi) is 3.61. The third-order valence-corrected chi connectivity index (χ3v) is 3.92. The van der Waals surface area contributed by atoms with Crippen LogP contribution >= 0.6 is 11.8 Å². The lowest BCUT2D eigenvalue weighted by Crippen LogP contribution is -1.99. The molecule has 1 aliphatic heterocycles. The van der Waals surface area contributed by atoms with E-state index in [1.807, 2.05) is 0 Å². The van der Waals surface area contributed by atoms with Gasteiger partial charge in [-0.15, -0.1) is 0 Å². The molecule has 0 spiro atoms. The molecule has 1 aliphatic rings. The molecule has 0 aromatic rings. The van der Waals surface area contributed by atoms with Gasteiger partial charge in [-0.05, 0) is 24.5 Å². The largest absolute Gasteiger partial charge is 0.158 e. The van der Waals surface area contributed by atoms with E-state index in [1.54, 1.807) is 0 Å². The second-order valence-corrected chi connectivity index (χ2v) is 4.59. The van der Waals surface area contributed by atoms with Crippen molar-refractivity contribution < 1.29 is 0 Å². The van der Waals surface area contributed by atoms with Crippen LogP contribution in [0.1, 0.15) is 39.5 Å². The molecule has 2 unspecified atom stereocenters. The van der Waals surface area contributed by atoms with Crippen molar-refractivity contribution >= 4 is 11.8 Å². The molecule has 0 radical (unpaired) electrons. The van der Waals surface area contributed by atoms with Crippen LogP contribution < -0.4 is 0 Å². The molecule has 1 rings (SSSR count). The molecule has 0 nitrogen and oxygen atoms in total. The SMILES string of the molecule is CCCC1CC(CC)CS1. The summed E-state index contributed by atoms with van der Waals surface area (Å²) in [6.07, 6.45) is 5.71. The lowest BCUT2D eigenvalue weighted by molar-refractivity contribution is 0.525. The molecule has 1 fully saturated rings. The first-order chi connectivity index (χ1) is 4.86. The van der Waals surface area contributed by atoms with Crippen LogP contribution in [0, 0.1) is 5.92 Å². The summed E-state index contributed by atoms with van der Waals surface area (Å²) >= 11 is 2.20. The van der Waals surface area contributed by atoms with Gasteiger partial charge >= 0.3 is 0 Å². The van der Waals surface area contributed by atoms with Gasteiger partial charge in [-0.1, -0.05) is 26.7 Å². The molecule has 10 heavy (non-hydrogen) atoms. The Morgan fingerprint density at radius 2 is 2.20 bits per heavy atom. The van der Waals surface area contributed by atoms with Gasteiger partial charge in [0, 0.05) is 5.25 Å². The van der Waals surface area contributed by atoms with Gasteiger partial charge in [-0.2, -0.15) is 11.8 Å². The van der Waals surface area contributed by atoms with Crippen molar-refractivity contribution in [3.8, 4) is 0 Å². The number of thioether (sulfide) groups is 1. The highest BCUT2D eigenvalue weighted by atomic mass is 32.2. The molecular formula is C9H18S. The van der Waals surface area contributed by atoms with E-state index in [0.29, 0.717) is 0 Å². The van der Waals surface area contributed by atoms with Crippen molar-refractivity contribution in [2.24, 2.45) is 5.92 Å². The minimum Gasteiger partial charge on any atom is -0.158 e. The molecule has 60 valence electrons. The van der Waals surface area contributed by atoms with Gasteiger partial charge < -0.3 is 0 Å². The van der Waals surface area contributed by atoms with Gasteiger partial charge in [-0.3, -0.25) is 0 Å². The fourth-order valence-electron chi connectivity index (χ4n) is 1.59. The topological polar surface area (TPSA) is 0 Å². The fourth-order valence-corrected chi connectivity index (χ4v) is 3.31. The summed E-state index contributed by atoms with van der Waals surface area (Å²) < 4.78 is 0. The van der Waals surface area contributed by atoms with Crippen LogP contribution in [-0.2, 0) is 0 Å². The normalized spacial score (nSPS) is 33.0. The van der Waals surface area contributed by atoms with Crippen molar-refractivity contribution in [2.45, 2.75) is 44.8 Å². The Balaban J connectivity index is 2.15. The van der Waals surface area contributed by atoms with Crippen LogP contribution in [0.3, 0.4) is 0 Å². The van der Waals surface area contributed by atoms with Gasteiger partial charge in [0.15, 0.2) is 0 Å². The van der Waals surface area contributed by atoms with Crippen molar-refractivity contribution in [1.29, 1.82) is 0 Å². The number of hydrogen-bond acceptors (Lipinski definition) is 1. The summed E-state index contributed by atoms with van der Waals surface area (Å²) in [4.78, 5) is 0. The molecule has 0 aromatic heterocycles. The van der Waals surface area contributed by atoms with Crippen LogP contribution in [0.4, 0.5) is 0 Å². The monoisotopic (exact) mass is 158 g/mol. The first-order valence-corrected chi connectivity index (χ1v) is 5.53. The molecule has 1 heterocycles. The van der Waals surface area contributed by atoms with E-state index in [0.717, 1.165) is 11.2 Å². The summed E-state index contributed by atoms with van der Waals surface area (Å²) in [5, 5.41) is 1.01. The molecule has 1 saturated heterocycles. The highest BCUT2D eigenvalue weighted by Crippen LogP contribution is 2.35. The number of hydrogen-bond donors (Lipinski definition) is 0. The van der Waals surface area contributed by atoms with Gasteiger partial charge in [0.25, 0.3) is 0 Å². The maximum absolute atomic E-state index is 2.32. The molecule has 0 N–H and O–H groups in total. The van der Waals surface area contributed by atoms with Crippen molar-refractivity contribution in [3.05, 3.63) is 0 Å². The van der Waals surface area contributed by atoms with E-state index in [4.69, 9.17) is 0 Å². The van der Waals surface area contributed by atoms with Crippen molar-refractivity contribution in [1.82, 2.24) is 0 Å². The average Bonchev–Trinajstić information content (AvgIpc) is 2.37.